The molecule has 1 atom stereocenters. The molecule has 0 radical (unpaired) electrons. The number of amides is 2. The summed E-state index contributed by atoms with van der Waals surface area (Å²) in [4.78, 5) is 27.3. The van der Waals surface area contributed by atoms with Gasteiger partial charge in [-0.3, -0.25) is 9.59 Å². The van der Waals surface area contributed by atoms with E-state index in [0.29, 0.717) is 31.0 Å². The van der Waals surface area contributed by atoms with E-state index in [4.69, 9.17) is 9.26 Å². The minimum absolute atomic E-state index is 0.0724. The van der Waals surface area contributed by atoms with Crippen LogP contribution in [-0.2, 0) is 24.4 Å². The van der Waals surface area contributed by atoms with Crippen LogP contribution in [-0.4, -0.2) is 56.6 Å². The highest BCUT2D eigenvalue weighted by molar-refractivity contribution is 5.94. The van der Waals surface area contributed by atoms with Crippen LogP contribution in [0.25, 0.3) is 0 Å². The lowest BCUT2D eigenvalue weighted by Gasteiger charge is -2.23. The highest BCUT2D eigenvalue weighted by atomic mass is 16.5. The Kier molecular flexibility index (Phi) is 6.60. The Bertz CT molecular complexity index is 1080. The number of aryl methyl sites for hydroxylation is 1. The molecule has 1 N–H and O–H groups in total. The number of aromatic nitrogens is 4. The molecule has 10 nitrogen and oxygen atoms in total. The molecule has 3 aromatic rings. The summed E-state index contributed by atoms with van der Waals surface area (Å²) in [6.07, 6.45) is 3.32. The van der Waals surface area contributed by atoms with Crippen molar-refractivity contribution in [2.24, 2.45) is 0 Å². The molecule has 1 aromatic carbocycles. The summed E-state index contributed by atoms with van der Waals surface area (Å²) in [6.45, 7) is 3.51. The maximum absolute atomic E-state index is 13.1. The summed E-state index contributed by atoms with van der Waals surface area (Å²) in [7, 11) is 1.57. The predicted molar refractivity (Wildman–Crippen MR) is 114 cm³/mol. The summed E-state index contributed by atoms with van der Waals surface area (Å²) < 4.78 is 12.0. The number of carbonyl (C=O) groups is 2. The second-order valence-electron chi connectivity index (χ2n) is 7.79. The Morgan fingerprint density at radius 1 is 1.28 bits per heavy atom. The molecule has 1 unspecified atom stereocenters. The van der Waals surface area contributed by atoms with Crippen LogP contribution in [0.1, 0.15) is 50.7 Å². The molecule has 32 heavy (non-hydrogen) atoms. The number of ether oxygens (including phenoxy) is 1. The van der Waals surface area contributed by atoms with Gasteiger partial charge < -0.3 is 19.5 Å². The van der Waals surface area contributed by atoms with Crippen molar-refractivity contribution in [1.82, 2.24) is 30.4 Å². The highest BCUT2D eigenvalue weighted by Gasteiger charge is 2.33. The molecule has 168 valence electrons. The van der Waals surface area contributed by atoms with Crippen molar-refractivity contribution < 1.29 is 18.8 Å². The van der Waals surface area contributed by atoms with E-state index in [9.17, 15) is 9.59 Å². The fraction of sp³-hybridized carbons (Fsp3) is 0.409. The van der Waals surface area contributed by atoms with Gasteiger partial charge in [-0.15, -0.1) is 5.10 Å². The van der Waals surface area contributed by atoms with Crippen LogP contribution in [0.15, 0.2) is 41.1 Å². The fourth-order valence-electron chi connectivity index (χ4n) is 3.88. The third-order valence-corrected chi connectivity index (χ3v) is 5.58. The van der Waals surface area contributed by atoms with Gasteiger partial charge in [-0.1, -0.05) is 40.7 Å². The van der Waals surface area contributed by atoms with Crippen LogP contribution >= 0.6 is 0 Å². The first-order valence-corrected chi connectivity index (χ1v) is 10.5. The van der Waals surface area contributed by atoms with Crippen molar-refractivity contribution in [3.63, 3.8) is 0 Å². The van der Waals surface area contributed by atoms with E-state index in [1.54, 1.807) is 29.8 Å². The lowest BCUT2D eigenvalue weighted by molar-refractivity contribution is 0.0706. The van der Waals surface area contributed by atoms with Gasteiger partial charge in [0.05, 0.1) is 31.0 Å². The molecule has 0 bridgehead atoms. The van der Waals surface area contributed by atoms with Gasteiger partial charge in [0.25, 0.3) is 11.8 Å². The van der Waals surface area contributed by atoms with Crippen molar-refractivity contribution in [3.05, 3.63) is 64.8 Å². The Morgan fingerprint density at radius 3 is 2.88 bits per heavy atom. The number of methoxy groups -OCH3 is 1. The average molecular weight is 438 g/mol. The van der Waals surface area contributed by atoms with Crippen LogP contribution in [0.2, 0.25) is 0 Å². The highest BCUT2D eigenvalue weighted by Crippen LogP contribution is 2.24. The third-order valence-electron chi connectivity index (χ3n) is 5.58. The second-order valence-corrected chi connectivity index (χ2v) is 7.79. The number of rotatable bonds is 8. The van der Waals surface area contributed by atoms with Gasteiger partial charge in [0.15, 0.2) is 11.4 Å². The molecular weight excluding hydrogens is 412 g/mol. The number of nitrogens with zero attached hydrogens (tertiary/aromatic N) is 5. The molecule has 10 heteroatoms. The molecule has 0 saturated carbocycles. The van der Waals surface area contributed by atoms with Crippen LogP contribution in [0, 0.1) is 6.92 Å². The largest absolute Gasteiger partial charge is 0.380 e. The topological polar surface area (TPSA) is 115 Å². The zero-order chi connectivity index (χ0) is 22.5. The van der Waals surface area contributed by atoms with E-state index in [-0.39, 0.29) is 35.9 Å². The van der Waals surface area contributed by atoms with E-state index < -0.39 is 0 Å². The maximum Gasteiger partial charge on any atom is 0.276 e. The van der Waals surface area contributed by atoms with Crippen LogP contribution in [0.4, 0.5) is 0 Å². The Labute approximate surface area is 185 Å². The molecule has 0 aliphatic carbocycles. The van der Waals surface area contributed by atoms with Gasteiger partial charge in [-0.25, -0.2) is 4.68 Å². The van der Waals surface area contributed by atoms with Crippen LogP contribution in [0.5, 0.6) is 0 Å². The summed E-state index contributed by atoms with van der Waals surface area (Å²) in [6, 6.07) is 9.58. The maximum atomic E-state index is 13.1. The molecule has 1 aliphatic heterocycles. The monoisotopic (exact) mass is 438 g/mol. The molecule has 1 aliphatic rings. The Morgan fingerprint density at radius 2 is 2.09 bits per heavy atom. The van der Waals surface area contributed by atoms with Gasteiger partial charge in [0.2, 0.25) is 0 Å². The van der Waals surface area contributed by atoms with Crippen LogP contribution in [0.3, 0.4) is 0 Å². The van der Waals surface area contributed by atoms with E-state index in [1.807, 2.05) is 30.3 Å². The Balaban J connectivity index is 1.39. The number of carbonyl (C=O) groups excluding carboxylic acids is 2. The van der Waals surface area contributed by atoms with E-state index >= 15 is 0 Å². The molecule has 3 heterocycles. The number of nitrogens with one attached hydrogen (secondary N) is 1. The fourth-order valence-corrected chi connectivity index (χ4v) is 3.88. The van der Waals surface area contributed by atoms with Gasteiger partial charge in [-0.05, 0) is 25.3 Å². The lowest BCUT2D eigenvalue weighted by atomic mass is 10.1. The third kappa shape index (κ3) is 4.70. The number of hydrogen-bond donors (Lipinski definition) is 1. The molecular formula is C22H26N6O4. The van der Waals surface area contributed by atoms with E-state index in [0.717, 1.165) is 18.4 Å². The predicted octanol–water partition coefficient (Wildman–Crippen LogP) is 1.96. The first kappa shape index (κ1) is 21.7. The number of benzene rings is 1. The first-order chi connectivity index (χ1) is 15.6. The van der Waals surface area contributed by atoms with Gasteiger partial charge in [0.1, 0.15) is 5.76 Å². The summed E-state index contributed by atoms with van der Waals surface area (Å²) in [5, 5.41) is 14.9. The molecule has 2 aromatic heterocycles. The van der Waals surface area contributed by atoms with Gasteiger partial charge in [-0.2, -0.15) is 0 Å². The van der Waals surface area contributed by atoms with Crippen molar-refractivity contribution in [1.29, 1.82) is 0 Å². The first-order valence-electron chi connectivity index (χ1n) is 10.5. The molecule has 4 rings (SSSR count). The Hall–Kier alpha value is -3.53. The quantitative estimate of drug-likeness (QED) is 0.571. The van der Waals surface area contributed by atoms with Gasteiger partial charge in [0, 0.05) is 20.2 Å². The van der Waals surface area contributed by atoms with Gasteiger partial charge >= 0.3 is 0 Å². The van der Waals surface area contributed by atoms with Crippen LogP contribution < -0.4 is 5.32 Å². The molecule has 1 saturated heterocycles. The number of likely N-dealkylation sites (tertiary alicyclic amines) is 1. The summed E-state index contributed by atoms with van der Waals surface area (Å²) in [5.41, 5.74) is 2.20. The summed E-state index contributed by atoms with van der Waals surface area (Å²) >= 11 is 0. The van der Waals surface area contributed by atoms with Crippen molar-refractivity contribution in [3.8, 4) is 0 Å². The summed E-state index contributed by atoms with van der Waals surface area (Å²) in [5.74, 6) is 0.104. The molecule has 2 amide bonds. The zero-order valence-electron chi connectivity index (χ0n) is 18.2. The smallest absolute Gasteiger partial charge is 0.276 e. The second kappa shape index (κ2) is 9.73. The zero-order valence-corrected chi connectivity index (χ0v) is 18.2. The average Bonchev–Trinajstić information content (AvgIpc) is 3.54. The lowest BCUT2D eigenvalue weighted by Crippen LogP contribution is -2.38. The number of hydrogen-bond acceptors (Lipinski definition) is 7. The van der Waals surface area contributed by atoms with Crippen molar-refractivity contribution in [2.75, 3.05) is 13.7 Å². The standard InChI is InChI=1S/C22H26N6O4/c1-15-18(14-31-2)20(25-32-15)22(30)28-10-6-9-17(28)12-27-13-19(24-26-27)21(29)23-11-16-7-4-3-5-8-16/h3-5,7-8,13,17H,6,9-12,14H2,1-2H3,(H,23,29). The minimum atomic E-state index is -0.290. The van der Waals surface area contributed by atoms with E-state index in [2.05, 4.69) is 20.8 Å². The minimum Gasteiger partial charge on any atom is -0.380 e. The van der Waals surface area contributed by atoms with Crippen molar-refractivity contribution in [2.45, 2.75) is 45.5 Å². The van der Waals surface area contributed by atoms with E-state index in [1.165, 1.54) is 0 Å². The molecule has 0 spiro atoms. The SMILES string of the molecule is COCc1c(C(=O)N2CCCC2Cn2cc(C(=O)NCc3ccccc3)nn2)noc1C. The van der Waals surface area contributed by atoms with Crippen molar-refractivity contribution >= 4 is 11.8 Å². The molecule has 1 fully saturated rings. The normalized spacial score (nSPS) is 15.8.